The lowest BCUT2D eigenvalue weighted by Crippen LogP contribution is -2.27. The van der Waals surface area contributed by atoms with E-state index in [4.69, 9.17) is 9.84 Å². The van der Waals surface area contributed by atoms with Crippen LogP contribution in [0.25, 0.3) is 0 Å². The summed E-state index contributed by atoms with van der Waals surface area (Å²) in [5.74, 6) is 0.838. The third kappa shape index (κ3) is 1.60. The maximum atomic E-state index is 8.93. The number of anilines is 1. The van der Waals surface area contributed by atoms with Crippen LogP contribution in [0, 0.1) is 0 Å². The summed E-state index contributed by atoms with van der Waals surface area (Å²) in [6.07, 6.45) is 0.196. The Kier molecular flexibility index (Phi) is 2.10. The van der Waals surface area contributed by atoms with Gasteiger partial charge in [-0.1, -0.05) is 6.07 Å². The topological polar surface area (TPSA) is 41.5 Å². The summed E-state index contributed by atoms with van der Waals surface area (Å²) in [4.78, 5) is 0. The number of hydrogen-bond acceptors (Lipinski definition) is 3. The molecule has 0 aromatic heterocycles. The molecule has 3 nitrogen and oxygen atoms in total. The number of benzene rings is 1. The van der Waals surface area contributed by atoms with Crippen LogP contribution >= 0.6 is 0 Å². The van der Waals surface area contributed by atoms with Crippen molar-refractivity contribution in [3.05, 3.63) is 23.8 Å². The average Bonchev–Trinajstić information content (AvgIpc) is 2.16. The number of ether oxygens (including phenoxy) is 1. The highest BCUT2D eigenvalue weighted by molar-refractivity contribution is 5.59. The van der Waals surface area contributed by atoms with E-state index in [-0.39, 0.29) is 12.7 Å². The second-order valence-corrected chi connectivity index (χ2v) is 3.30. The van der Waals surface area contributed by atoms with Crippen LogP contribution < -0.4 is 10.1 Å². The van der Waals surface area contributed by atoms with Gasteiger partial charge in [-0.2, -0.15) is 0 Å². The molecule has 0 amide bonds. The normalized spacial score (nSPS) is 20.0. The van der Waals surface area contributed by atoms with Gasteiger partial charge in [-0.15, -0.1) is 0 Å². The fraction of sp³-hybridized carbons (Fsp3) is 0.400. The zero-order chi connectivity index (χ0) is 9.26. The lowest BCUT2D eigenvalue weighted by Gasteiger charge is -2.25. The minimum atomic E-state index is 0.0605. The molecular weight excluding hydrogens is 166 g/mol. The fourth-order valence-electron chi connectivity index (χ4n) is 1.42. The van der Waals surface area contributed by atoms with Crippen LogP contribution in [0.1, 0.15) is 12.5 Å². The summed E-state index contributed by atoms with van der Waals surface area (Å²) in [6, 6.07) is 5.70. The van der Waals surface area contributed by atoms with Crippen molar-refractivity contribution >= 4 is 5.69 Å². The lowest BCUT2D eigenvalue weighted by molar-refractivity contribution is 0.224. The molecule has 1 heterocycles. The number of aliphatic hydroxyl groups excluding tert-OH is 1. The van der Waals surface area contributed by atoms with Gasteiger partial charge in [0.15, 0.2) is 0 Å². The van der Waals surface area contributed by atoms with Crippen LogP contribution in [-0.4, -0.2) is 17.8 Å². The monoisotopic (exact) mass is 179 g/mol. The molecule has 2 N–H and O–H groups in total. The maximum absolute atomic E-state index is 8.93. The van der Waals surface area contributed by atoms with Gasteiger partial charge in [-0.05, 0) is 24.6 Å². The van der Waals surface area contributed by atoms with Crippen molar-refractivity contribution in [1.29, 1.82) is 0 Å². The van der Waals surface area contributed by atoms with Crippen molar-refractivity contribution in [1.82, 2.24) is 0 Å². The van der Waals surface area contributed by atoms with E-state index in [2.05, 4.69) is 5.32 Å². The lowest BCUT2D eigenvalue weighted by atomic mass is 10.1. The van der Waals surface area contributed by atoms with E-state index in [0.29, 0.717) is 0 Å². The summed E-state index contributed by atoms with van der Waals surface area (Å²) in [7, 11) is 0. The Labute approximate surface area is 77.3 Å². The molecule has 0 aliphatic carbocycles. The fourth-order valence-corrected chi connectivity index (χ4v) is 1.42. The number of nitrogens with one attached hydrogen (secondary N) is 1. The zero-order valence-corrected chi connectivity index (χ0v) is 7.58. The summed E-state index contributed by atoms with van der Waals surface area (Å²) < 4.78 is 5.60. The van der Waals surface area contributed by atoms with Crippen molar-refractivity contribution in [2.24, 2.45) is 0 Å². The van der Waals surface area contributed by atoms with E-state index >= 15 is 0 Å². The van der Waals surface area contributed by atoms with E-state index in [1.165, 1.54) is 0 Å². The molecule has 2 rings (SSSR count). The molecule has 3 heteroatoms. The van der Waals surface area contributed by atoms with Gasteiger partial charge in [0.25, 0.3) is 0 Å². The first-order chi connectivity index (χ1) is 6.29. The first-order valence-corrected chi connectivity index (χ1v) is 4.44. The second kappa shape index (κ2) is 3.26. The van der Waals surface area contributed by atoms with E-state index in [1.807, 2.05) is 25.1 Å². The molecule has 0 saturated heterocycles. The standard InChI is InChI=1S/C10H13NO2/c1-7-5-11-9-3-2-8(6-12)4-10(9)13-7/h2-4,7,11-12H,5-6H2,1H3. The third-order valence-corrected chi connectivity index (χ3v) is 2.14. The van der Waals surface area contributed by atoms with Crippen LogP contribution in [-0.2, 0) is 6.61 Å². The summed E-state index contributed by atoms with van der Waals surface area (Å²) in [5, 5.41) is 12.2. The van der Waals surface area contributed by atoms with Crippen LogP contribution in [0.5, 0.6) is 5.75 Å². The first kappa shape index (κ1) is 8.38. The smallest absolute Gasteiger partial charge is 0.143 e. The zero-order valence-electron chi connectivity index (χ0n) is 7.58. The van der Waals surface area contributed by atoms with Gasteiger partial charge < -0.3 is 15.2 Å². The quantitative estimate of drug-likeness (QED) is 0.684. The molecule has 0 spiro atoms. The van der Waals surface area contributed by atoms with Crippen molar-refractivity contribution in [2.45, 2.75) is 19.6 Å². The molecule has 13 heavy (non-hydrogen) atoms. The number of fused-ring (bicyclic) bond motifs is 1. The molecule has 1 aromatic rings. The van der Waals surface area contributed by atoms with E-state index in [0.717, 1.165) is 23.5 Å². The number of rotatable bonds is 1. The molecule has 70 valence electrons. The second-order valence-electron chi connectivity index (χ2n) is 3.30. The summed E-state index contributed by atoms with van der Waals surface area (Å²) in [5.41, 5.74) is 1.89. The van der Waals surface area contributed by atoms with Gasteiger partial charge in [-0.25, -0.2) is 0 Å². The van der Waals surface area contributed by atoms with Gasteiger partial charge in [0.1, 0.15) is 11.9 Å². The van der Waals surface area contributed by atoms with E-state index in [1.54, 1.807) is 0 Å². The molecule has 1 atom stereocenters. The average molecular weight is 179 g/mol. The minimum Gasteiger partial charge on any atom is -0.487 e. The molecule has 1 aliphatic rings. The highest BCUT2D eigenvalue weighted by atomic mass is 16.5. The highest BCUT2D eigenvalue weighted by Crippen LogP contribution is 2.29. The molecule has 1 aromatic carbocycles. The van der Waals surface area contributed by atoms with Gasteiger partial charge in [0, 0.05) is 0 Å². The Morgan fingerprint density at radius 1 is 1.62 bits per heavy atom. The maximum Gasteiger partial charge on any atom is 0.143 e. The van der Waals surface area contributed by atoms with Gasteiger partial charge in [0.2, 0.25) is 0 Å². The van der Waals surface area contributed by atoms with Crippen molar-refractivity contribution in [2.75, 3.05) is 11.9 Å². The van der Waals surface area contributed by atoms with Crippen molar-refractivity contribution in [3.63, 3.8) is 0 Å². The SMILES string of the molecule is CC1CNc2ccc(CO)cc2O1. The summed E-state index contributed by atoms with van der Waals surface area (Å²) >= 11 is 0. The van der Waals surface area contributed by atoms with Gasteiger partial charge >= 0.3 is 0 Å². The van der Waals surface area contributed by atoms with Crippen molar-refractivity contribution < 1.29 is 9.84 Å². The van der Waals surface area contributed by atoms with Crippen LogP contribution in [0.2, 0.25) is 0 Å². The Morgan fingerprint density at radius 2 is 2.46 bits per heavy atom. The molecule has 1 unspecified atom stereocenters. The van der Waals surface area contributed by atoms with E-state index in [9.17, 15) is 0 Å². The van der Waals surface area contributed by atoms with Crippen LogP contribution in [0.4, 0.5) is 5.69 Å². The first-order valence-electron chi connectivity index (χ1n) is 4.44. The predicted molar refractivity (Wildman–Crippen MR) is 50.9 cm³/mol. The van der Waals surface area contributed by atoms with Gasteiger partial charge in [-0.3, -0.25) is 0 Å². The Bertz CT molecular complexity index is 312. The largest absolute Gasteiger partial charge is 0.487 e. The van der Waals surface area contributed by atoms with E-state index < -0.39 is 0 Å². The molecule has 1 aliphatic heterocycles. The molecule has 0 saturated carbocycles. The van der Waals surface area contributed by atoms with Gasteiger partial charge in [0.05, 0.1) is 18.8 Å². The van der Waals surface area contributed by atoms with Crippen LogP contribution in [0.15, 0.2) is 18.2 Å². The minimum absolute atomic E-state index is 0.0605. The Morgan fingerprint density at radius 3 is 3.23 bits per heavy atom. The Hall–Kier alpha value is -1.22. The molecular formula is C10H13NO2. The van der Waals surface area contributed by atoms with Crippen molar-refractivity contribution in [3.8, 4) is 5.75 Å². The van der Waals surface area contributed by atoms with Crippen LogP contribution in [0.3, 0.4) is 0 Å². The number of hydrogen-bond donors (Lipinski definition) is 2. The molecule has 0 fully saturated rings. The Balaban J connectivity index is 2.32. The summed E-state index contributed by atoms with van der Waals surface area (Å²) in [6.45, 7) is 2.91. The third-order valence-electron chi connectivity index (χ3n) is 2.14. The number of aliphatic hydroxyl groups is 1. The highest BCUT2D eigenvalue weighted by Gasteiger charge is 2.14. The molecule has 0 radical (unpaired) electrons. The predicted octanol–water partition coefficient (Wildman–Crippen LogP) is 1.37. The molecule has 0 bridgehead atoms.